The monoisotopic (exact) mass is 1720 g/mol. The molecule has 12 heterocycles. The molecule has 0 amide bonds. The van der Waals surface area contributed by atoms with Gasteiger partial charge in [-0.2, -0.15) is 0 Å². The number of hydrogen-bond donors (Lipinski definition) is 6. The lowest BCUT2D eigenvalue weighted by atomic mass is 10.0. The number of rotatable bonds is 23. The summed E-state index contributed by atoms with van der Waals surface area (Å²) < 4.78 is 44.8. The standard InChI is InChI=1S/C21H18N4O2S.2C18H13N5OS.C17H12N4S.C13H11N5O2S2/c1-26-16-6-7-19(27-2)17(13-16)14-4-3-5-15(12-14)24-21-23-9-8-18(25-21)20-22-10-11-28-20;1-2-8-19-16(6-1)24-14-5-3-4-13(12-14)22-18-21-9-7-15(23-18)17-20-10-11-25-17;1-2-13(12-15(3-1)24-14-4-7-19-8-5-14)22-18-21-9-6-16(23-18)17-20-10-11-25-17;1-2-4-13-11-14(6-5-12(13)3-1)20-17-19-8-7-15(21-17)16-18-9-10-22-16;14-22(19,20)10-3-1-9(2-4-10)17-13-16-6-5-11(18-13)12-15-7-8-21-12/h3-13H,1-2H3,(H,23,24,25);2*1-12H,(H,21,22,23);1-11H,(H,19,20,21);1-8H,(H2,14,19,20)(H,16,17,18). The molecule has 0 aliphatic heterocycles. The maximum atomic E-state index is 11.2. The Hall–Kier alpha value is -15.2. The molecule has 122 heavy (non-hydrogen) atoms. The van der Waals surface area contributed by atoms with Gasteiger partial charge in [0.05, 0.1) is 19.1 Å². The van der Waals surface area contributed by atoms with Gasteiger partial charge in [-0.05, 0) is 156 Å². The molecular formula is C87H67N23O6S6. The van der Waals surface area contributed by atoms with E-state index in [1.807, 2.05) is 172 Å². The summed E-state index contributed by atoms with van der Waals surface area (Å²) >= 11 is 7.67. The van der Waals surface area contributed by atoms with Crippen LogP contribution in [-0.4, -0.2) is 107 Å². The first-order valence-corrected chi connectivity index (χ1v) is 42.7. The van der Waals surface area contributed by atoms with Crippen molar-refractivity contribution in [3.63, 3.8) is 0 Å². The number of benzene rings is 7. The second kappa shape index (κ2) is 40.8. The van der Waals surface area contributed by atoms with Gasteiger partial charge < -0.3 is 45.5 Å². The van der Waals surface area contributed by atoms with Crippen molar-refractivity contribution in [3.05, 3.63) is 326 Å². The predicted molar refractivity (Wildman–Crippen MR) is 480 cm³/mol. The highest BCUT2D eigenvalue weighted by atomic mass is 32.2. The van der Waals surface area contributed by atoms with Crippen LogP contribution < -0.4 is 50.7 Å². The van der Waals surface area contributed by atoms with Gasteiger partial charge in [-0.3, -0.25) is 4.98 Å². The fourth-order valence-corrected chi connectivity index (χ4v) is 14.8. The second-order valence-corrected chi connectivity index (χ2v) is 31.1. The normalized spacial score (nSPS) is 10.6. The molecule has 0 saturated carbocycles. The van der Waals surface area contributed by atoms with E-state index in [-0.39, 0.29) is 4.90 Å². The van der Waals surface area contributed by atoms with Gasteiger partial charge in [0.25, 0.3) is 0 Å². The molecule has 0 bridgehead atoms. The van der Waals surface area contributed by atoms with E-state index in [0.717, 1.165) is 98.9 Å². The Labute approximate surface area is 718 Å². The van der Waals surface area contributed by atoms with Crippen LogP contribution in [0.5, 0.6) is 34.6 Å². The van der Waals surface area contributed by atoms with Crippen molar-refractivity contribution in [1.29, 1.82) is 0 Å². The van der Waals surface area contributed by atoms with Crippen molar-refractivity contribution in [2.24, 2.45) is 5.14 Å². The molecule has 19 aromatic rings. The lowest BCUT2D eigenvalue weighted by molar-refractivity contribution is 0.404. The first-order valence-electron chi connectivity index (χ1n) is 36.7. The summed E-state index contributed by atoms with van der Waals surface area (Å²) in [6.07, 6.45) is 22.4. The average Bonchev–Trinajstić information content (AvgIpc) is 1.17. The summed E-state index contributed by atoms with van der Waals surface area (Å²) in [5.74, 6) is 6.72. The number of ether oxygens (including phenoxy) is 4. The molecule has 602 valence electrons. The van der Waals surface area contributed by atoms with Gasteiger partial charge in [0.1, 0.15) is 82.3 Å². The Balaban J connectivity index is 0.000000119. The van der Waals surface area contributed by atoms with Crippen molar-refractivity contribution in [2.75, 3.05) is 40.8 Å². The molecule has 7 N–H and O–H groups in total. The number of sulfonamides is 1. The van der Waals surface area contributed by atoms with Gasteiger partial charge >= 0.3 is 0 Å². The van der Waals surface area contributed by atoms with Crippen LogP contribution in [0.25, 0.3) is 75.4 Å². The van der Waals surface area contributed by atoms with Gasteiger partial charge in [0.15, 0.2) is 0 Å². The highest BCUT2D eigenvalue weighted by Gasteiger charge is 2.15. The zero-order valence-electron chi connectivity index (χ0n) is 64.3. The molecule has 12 aromatic heterocycles. The van der Waals surface area contributed by atoms with E-state index in [0.29, 0.717) is 58.5 Å². The molecule has 35 heteroatoms. The maximum absolute atomic E-state index is 11.2. The molecule has 0 spiro atoms. The van der Waals surface area contributed by atoms with E-state index >= 15 is 0 Å². The second-order valence-electron chi connectivity index (χ2n) is 25.0. The molecule has 0 atom stereocenters. The molecule has 0 aliphatic rings. The lowest BCUT2D eigenvalue weighted by Crippen LogP contribution is -2.11. The molecule has 0 radical (unpaired) electrons. The summed E-state index contributed by atoms with van der Waals surface area (Å²) in [5, 5.41) is 37.2. The van der Waals surface area contributed by atoms with Crippen LogP contribution in [0.1, 0.15) is 0 Å². The van der Waals surface area contributed by atoms with E-state index in [2.05, 4.69) is 136 Å². The number of nitrogens with zero attached hydrogens (tertiary/aromatic N) is 17. The van der Waals surface area contributed by atoms with Crippen LogP contribution >= 0.6 is 56.7 Å². The third-order valence-electron chi connectivity index (χ3n) is 16.7. The Kier molecular flexibility index (Phi) is 27.4. The van der Waals surface area contributed by atoms with Gasteiger partial charge in [0.2, 0.25) is 45.6 Å². The highest BCUT2D eigenvalue weighted by molar-refractivity contribution is 7.89. The van der Waals surface area contributed by atoms with Crippen LogP contribution in [0.4, 0.5) is 58.2 Å². The third-order valence-corrected chi connectivity index (χ3v) is 21.6. The highest BCUT2D eigenvalue weighted by Crippen LogP contribution is 2.37. The SMILES string of the molecule is COc1ccc(OC)c(-c2cccc(Nc3nccc(-c4nccs4)n3)c2)c1.NS(=O)(=O)c1ccc(Nc2nccc(-c3nccs3)n2)cc1.c1cc(Nc2nccc(-c3nccs3)n2)cc(Oc2ccncc2)c1.c1ccc(Oc2cccc(Nc3nccc(-c4nccs4)n3)c2)nc1.c1ccc2cc(Nc3nccc(-c4nccs4)n3)ccc2c1. The number of fused-ring (bicyclic) bond motifs is 1. The molecule has 0 saturated heterocycles. The summed E-state index contributed by atoms with van der Waals surface area (Å²) in [6.45, 7) is 0. The number of methoxy groups -OCH3 is 2. The molecule has 7 aromatic carbocycles. The molecule has 29 nitrogen and oxygen atoms in total. The number of thiazole rings is 5. The number of hydrogen-bond acceptors (Lipinski definition) is 33. The number of nitrogens with two attached hydrogens (primary N) is 1. The fraction of sp³-hybridized carbons (Fsp3) is 0.0230. The number of anilines is 10. The Morgan fingerprint density at radius 1 is 0.303 bits per heavy atom. The Morgan fingerprint density at radius 2 is 0.721 bits per heavy atom. The van der Waals surface area contributed by atoms with E-state index < -0.39 is 10.0 Å². The van der Waals surface area contributed by atoms with Gasteiger partial charge in [-0.1, -0.05) is 60.7 Å². The third kappa shape index (κ3) is 23.1. The Bertz CT molecular complexity index is 6500. The van der Waals surface area contributed by atoms with E-state index in [1.54, 1.807) is 165 Å². The number of primary sulfonamides is 1. The van der Waals surface area contributed by atoms with Gasteiger partial charge in [-0.15, -0.1) is 56.7 Å². The van der Waals surface area contributed by atoms with Crippen LogP contribution in [-0.2, 0) is 10.0 Å². The molecule has 19 rings (SSSR count). The Morgan fingerprint density at radius 3 is 1.15 bits per heavy atom. The summed E-state index contributed by atoms with van der Waals surface area (Å²) in [5.41, 5.74) is 10.0. The largest absolute Gasteiger partial charge is 0.497 e. The summed E-state index contributed by atoms with van der Waals surface area (Å²) in [7, 11) is -0.387. The first kappa shape index (κ1) is 81.9. The van der Waals surface area contributed by atoms with E-state index in [4.69, 9.17) is 24.1 Å². The molecule has 0 fully saturated rings. The minimum atomic E-state index is -3.69. The van der Waals surface area contributed by atoms with Crippen molar-refractivity contribution in [2.45, 2.75) is 4.90 Å². The summed E-state index contributed by atoms with van der Waals surface area (Å²) in [4.78, 5) is 73.2. The van der Waals surface area contributed by atoms with Gasteiger partial charge in [0, 0.05) is 160 Å². The molecule has 0 aliphatic carbocycles. The number of nitrogens with one attached hydrogen (secondary N) is 5. The van der Waals surface area contributed by atoms with Crippen LogP contribution in [0.3, 0.4) is 0 Å². The van der Waals surface area contributed by atoms with Crippen LogP contribution in [0.15, 0.2) is 331 Å². The van der Waals surface area contributed by atoms with Crippen molar-refractivity contribution < 1.29 is 27.4 Å². The lowest BCUT2D eigenvalue weighted by Gasteiger charge is -2.12. The number of pyridine rings is 2. The van der Waals surface area contributed by atoms with Crippen LogP contribution in [0.2, 0.25) is 0 Å². The van der Waals surface area contributed by atoms with E-state index in [9.17, 15) is 8.42 Å². The maximum Gasteiger partial charge on any atom is 0.238 e. The van der Waals surface area contributed by atoms with Crippen molar-refractivity contribution >= 4 is 136 Å². The molecule has 0 unspecified atom stereocenters. The zero-order chi connectivity index (χ0) is 83.5. The van der Waals surface area contributed by atoms with E-state index in [1.165, 1.54) is 45.6 Å². The zero-order valence-corrected chi connectivity index (χ0v) is 69.2. The average molecular weight is 1720 g/mol. The fourth-order valence-electron chi connectivity index (χ4n) is 11.2. The van der Waals surface area contributed by atoms with Crippen LogP contribution in [0, 0.1) is 0 Å². The predicted octanol–water partition coefficient (Wildman–Crippen LogP) is 20.6. The summed E-state index contributed by atoms with van der Waals surface area (Å²) in [6, 6.07) is 67.7. The smallest absolute Gasteiger partial charge is 0.238 e. The minimum Gasteiger partial charge on any atom is -0.497 e. The van der Waals surface area contributed by atoms with Gasteiger partial charge in [-0.25, -0.2) is 93.3 Å². The molecular weight excluding hydrogens is 1660 g/mol. The topological polar surface area (TPSA) is 376 Å². The van der Waals surface area contributed by atoms with Crippen molar-refractivity contribution in [1.82, 2.24) is 84.7 Å². The minimum absolute atomic E-state index is 0.0514. The quantitative estimate of drug-likeness (QED) is 0.0346. The first-order chi connectivity index (χ1) is 59.9. The van der Waals surface area contributed by atoms with Crippen molar-refractivity contribution in [3.8, 4) is 99.3 Å². The number of aromatic nitrogens is 17.